The van der Waals surface area contributed by atoms with E-state index in [9.17, 15) is 17.4 Å². The van der Waals surface area contributed by atoms with Gasteiger partial charge in [0.1, 0.15) is 27.4 Å². The average Bonchev–Trinajstić information content (AvgIpc) is 2.80. The molecule has 2 aliphatic rings. The van der Waals surface area contributed by atoms with Crippen molar-refractivity contribution < 1.29 is 17.4 Å². The standard InChI is InChI=1S/C23H31F3N6OS/c1-15-7-6-12-32(14-15)21-18(23(24,25)26)13-27-22(30-21)29-19-10-11-20(28-16(19)2)34(33)31-17-8-4-3-5-9-17/h10-11,13,15,17,31H,3-9,12,14H2,1-2H3,(H,27,29,30). The average molecular weight is 497 g/mol. The van der Waals surface area contributed by atoms with Crippen molar-refractivity contribution in [3.63, 3.8) is 0 Å². The minimum absolute atomic E-state index is 0.0697. The summed E-state index contributed by atoms with van der Waals surface area (Å²) in [5, 5.41) is 3.41. The van der Waals surface area contributed by atoms with E-state index in [0.717, 1.165) is 44.7 Å². The first-order valence-electron chi connectivity index (χ1n) is 11.8. The Morgan fingerprint density at radius 2 is 1.85 bits per heavy atom. The first-order valence-corrected chi connectivity index (χ1v) is 13.0. The third-order valence-corrected chi connectivity index (χ3v) is 7.56. The van der Waals surface area contributed by atoms with Gasteiger partial charge in [-0.05, 0) is 50.7 Å². The van der Waals surface area contributed by atoms with Crippen LogP contribution in [-0.2, 0) is 17.2 Å². The van der Waals surface area contributed by atoms with E-state index in [-0.39, 0.29) is 17.8 Å². The number of nitrogens with one attached hydrogen (secondary N) is 2. The fraction of sp³-hybridized carbons (Fsp3) is 0.609. The smallest absolute Gasteiger partial charge is 0.356 e. The lowest BCUT2D eigenvalue weighted by atomic mass is 9.96. The molecule has 2 atom stereocenters. The molecule has 1 saturated carbocycles. The molecular formula is C23H31F3N6OS. The van der Waals surface area contributed by atoms with Crippen molar-refractivity contribution in [2.24, 2.45) is 5.92 Å². The van der Waals surface area contributed by atoms with Crippen LogP contribution in [0, 0.1) is 12.8 Å². The summed E-state index contributed by atoms with van der Waals surface area (Å²) >= 11 is 0. The minimum atomic E-state index is -4.54. The van der Waals surface area contributed by atoms with Crippen molar-refractivity contribution in [3.05, 3.63) is 29.6 Å². The molecule has 2 fully saturated rings. The van der Waals surface area contributed by atoms with E-state index in [1.807, 2.05) is 6.92 Å². The lowest BCUT2D eigenvalue weighted by molar-refractivity contribution is -0.137. The summed E-state index contributed by atoms with van der Waals surface area (Å²) in [7, 11) is -1.42. The summed E-state index contributed by atoms with van der Waals surface area (Å²) in [5.74, 6) is 0.264. The fourth-order valence-electron chi connectivity index (χ4n) is 4.58. The Balaban J connectivity index is 1.52. The summed E-state index contributed by atoms with van der Waals surface area (Å²) in [6.07, 6.45) is 3.61. The van der Waals surface area contributed by atoms with Crippen LogP contribution < -0.4 is 14.9 Å². The molecule has 186 valence electrons. The molecule has 3 heterocycles. The van der Waals surface area contributed by atoms with Crippen LogP contribution in [0.15, 0.2) is 23.4 Å². The van der Waals surface area contributed by atoms with Gasteiger partial charge in [-0.1, -0.05) is 26.2 Å². The molecule has 1 aliphatic carbocycles. The Hall–Kier alpha value is -2.27. The molecule has 34 heavy (non-hydrogen) atoms. The van der Waals surface area contributed by atoms with Gasteiger partial charge in [0.15, 0.2) is 0 Å². The van der Waals surface area contributed by atoms with Crippen molar-refractivity contribution in [2.45, 2.75) is 76.0 Å². The quantitative estimate of drug-likeness (QED) is 0.577. The molecule has 2 N–H and O–H groups in total. The van der Waals surface area contributed by atoms with E-state index in [1.165, 1.54) is 6.42 Å². The summed E-state index contributed by atoms with van der Waals surface area (Å²) < 4.78 is 56.8. The van der Waals surface area contributed by atoms with E-state index in [2.05, 4.69) is 25.0 Å². The number of piperidine rings is 1. The van der Waals surface area contributed by atoms with Crippen LogP contribution in [0.5, 0.6) is 0 Å². The molecule has 0 amide bonds. The third kappa shape index (κ3) is 6.04. The van der Waals surface area contributed by atoms with Gasteiger partial charge >= 0.3 is 6.18 Å². The van der Waals surface area contributed by atoms with E-state index in [1.54, 1.807) is 24.0 Å². The molecular weight excluding hydrogens is 465 g/mol. The number of hydrogen-bond acceptors (Lipinski definition) is 6. The first-order chi connectivity index (χ1) is 16.2. The maximum absolute atomic E-state index is 13.6. The van der Waals surface area contributed by atoms with Crippen LogP contribution in [-0.4, -0.2) is 38.3 Å². The number of nitrogens with zero attached hydrogens (tertiary/aromatic N) is 4. The molecule has 0 aromatic carbocycles. The van der Waals surface area contributed by atoms with Crippen LogP contribution in [0.3, 0.4) is 0 Å². The van der Waals surface area contributed by atoms with Crippen LogP contribution in [0.4, 0.5) is 30.6 Å². The van der Waals surface area contributed by atoms with Gasteiger partial charge in [0.05, 0.1) is 11.4 Å². The zero-order chi connectivity index (χ0) is 24.3. The highest BCUT2D eigenvalue weighted by Gasteiger charge is 2.37. The molecule has 7 nitrogen and oxygen atoms in total. The topological polar surface area (TPSA) is 83.0 Å². The fourth-order valence-corrected chi connectivity index (χ4v) is 5.65. The monoisotopic (exact) mass is 496 g/mol. The second kappa shape index (κ2) is 10.6. The number of alkyl halides is 3. The predicted molar refractivity (Wildman–Crippen MR) is 126 cm³/mol. The number of hydrogen-bond donors (Lipinski definition) is 2. The molecule has 0 bridgehead atoms. The molecule has 2 aromatic rings. The Morgan fingerprint density at radius 1 is 1.09 bits per heavy atom. The number of aryl methyl sites for hydroxylation is 1. The third-order valence-electron chi connectivity index (χ3n) is 6.41. The van der Waals surface area contributed by atoms with Crippen molar-refractivity contribution in [2.75, 3.05) is 23.3 Å². The van der Waals surface area contributed by atoms with Crippen LogP contribution >= 0.6 is 0 Å². The van der Waals surface area contributed by atoms with E-state index in [0.29, 0.717) is 35.4 Å². The Morgan fingerprint density at radius 3 is 2.53 bits per heavy atom. The number of rotatable bonds is 6. The van der Waals surface area contributed by atoms with Crippen molar-refractivity contribution in [1.82, 2.24) is 19.7 Å². The van der Waals surface area contributed by atoms with E-state index >= 15 is 0 Å². The predicted octanol–water partition coefficient (Wildman–Crippen LogP) is 5.12. The molecule has 2 aromatic heterocycles. The van der Waals surface area contributed by atoms with E-state index in [4.69, 9.17) is 0 Å². The molecule has 1 saturated heterocycles. The summed E-state index contributed by atoms with van der Waals surface area (Å²) in [5.41, 5.74) is 0.283. The zero-order valence-corrected chi connectivity index (χ0v) is 20.3. The largest absolute Gasteiger partial charge is 0.421 e. The molecule has 0 radical (unpaired) electrons. The molecule has 4 rings (SSSR count). The number of pyridine rings is 1. The lowest BCUT2D eigenvalue weighted by Gasteiger charge is -2.33. The van der Waals surface area contributed by atoms with Gasteiger partial charge in [-0.2, -0.15) is 18.2 Å². The summed E-state index contributed by atoms with van der Waals surface area (Å²) in [6, 6.07) is 3.59. The van der Waals surface area contributed by atoms with Gasteiger partial charge in [0.25, 0.3) is 0 Å². The number of aromatic nitrogens is 3. The maximum atomic E-state index is 13.6. The second-order valence-corrected chi connectivity index (χ2v) is 10.4. The van der Waals surface area contributed by atoms with Gasteiger partial charge in [-0.15, -0.1) is 0 Å². The molecule has 1 aliphatic heterocycles. The van der Waals surface area contributed by atoms with Crippen molar-refractivity contribution in [3.8, 4) is 0 Å². The highest BCUT2D eigenvalue weighted by molar-refractivity contribution is 7.83. The summed E-state index contributed by atoms with van der Waals surface area (Å²) in [4.78, 5) is 14.3. The second-order valence-electron chi connectivity index (χ2n) is 9.25. The number of anilines is 3. The first kappa shape index (κ1) is 24.8. The van der Waals surface area contributed by atoms with Crippen LogP contribution in [0.2, 0.25) is 0 Å². The highest BCUT2D eigenvalue weighted by Crippen LogP contribution is 2.37. The van der Waals surface area contributed by atoms with Gasteiger partial charge in [-0.25, -0.2) is 18.9 Å². The normalized spacial score (nSPS) is 20.9. The lowest BCUT2D eigenvalue weighted by Crippen LogP contribution is -2.36. The SMILES string of the molecule is Cc1nc(S(=O)NC2CCCCC2)ccc1Nc1ncc(C(F)(F)F)c(N2CCCC(C)C2)n1. The van der Waals surface area contributed by atoms with Gasteiger partial charge in [-0.3, -0.25) is 0 Å². The summed E-state index contributed by atoms with van der Waals surface area (Å²) in [6.45, 7) is 4.83. The van der Waals surface area contributed by atoms with Crippen LogP contribution in [0.1, 0.15) is 63.1 Å². The maximum Gasteiger partial charge on any atom is 0.421 e. The Bertz CT molecular complexity index is 1030. The Labute approximate surface area is 200 Å². The number of halogens is 3. The highest BCUT2D eigenvalue weighted by atomic mass is 32.2. The molecule has 11 heteroatoms. The van der Waals surface area contributed by atoms with Crippen molar-refractivity contribution >= 4 is 28.4 Å². The zero-order valence-electron chi connectivity index (χ0n) is 19.5. The van der Waals surface area contributed by atoms with Gasteiger partial charge in [0, 0.05) is 25.3 Å². The minimum Gasteiger partial charge on any atom is -0.356 e. The van der Waals surface area contributed by atoms with Gasteiger partial charge < -0.3 is 10.2 Å². The van der Waals surface area contributed by atoms with E-state index < -0.39 is 22.7 Å². The van der Waals surface area contributed by atoms with Crippen LogP contribution in [0.25, 0.3) is 0 Å². The molecule has 0 spiro atoms. The Kier molecular flexibility index (Phi) is 7.71. The van der Waals surface area contributed by atoms with Crippen molar-refractivity contribution in [1.29, 1.82) is 0 Å². The molecule has 2 unspecified atom stereocenters. The van der Waals surface area contributed by atoms with Gasteiger partial charge in [0.2, 0.25) is 5.95 Å².